The average Bonchev–Trinajstić information content (AvgIpc) is 2.76. The molecular weight excluding hydrogens is 406 g/mol. The third-order valence-electron chi connectivity index (χ3n) is 4.82. The molecule has 0 unspecified atom stereocenters. The number of ketones is 1. The number of rotatable bonds is 8. The third kappa shape index (κ3) is 4.44. The smallest absolute Gasteiger partial charge is 0.270 e. The number of Topliss-reactive ketones (excluding diaryl/α,β-unsaturated/α-hetero) is 1. The highest BCUT2D eigenvalue weighted by Crippen LogP contribution is 2.29. The van der Waals surface area contributed by atoms with Gasteiger partial charge in [0.05, 0.1) is 24.0 Å². The van der Waals surface area contributed by atoms with Gasteiger partial charge in [-0.25, -0.2) is 12.7 Å². The maximum atomic E-state index is 13.2. The lowest BCUT2D eigenvalue weighted by Crippen LogP contribution is -2.46. The molecule has 1 aliphatic heterocycles. The molecule has 0 saturated carbocycles. The fourth-order valence-corrected chi connectivity index (χ4v) is 4.55. The highest BCUT2D eigenvalue weighted by Gasteiger charge is 2.41. The van der Waals surface area contributed by atoms with Crippen LogP contribution >= 0.6 is 0 Å². The van der Waals surface area contributed by atoms with Crippen LogP contribution in [0, 0.1) is 5.92 Å². The standard InChI is InChI=1S/C22H23NO6S/c1-3-29-21-13-14-23(30(26,27)18-11-9-17(28-2)10-12-18)22(25)19(21)15-20(24)16-7-5-4-6-8-16/h4-14,19,21H,3,15H2,1-2H3/t19-,21-/m0/s1. The van der Waals surface area contributed by atoms with E-state index >= 15 is 0 Å². The van der Waals surface area contributed by atoms with E-state index in [0.29, 0.717) is 22.2 Å². The maximum absolute atomic E-state index is 13.2. The summed E-state index contributed by atoms with van der Waals surface area (Å²) < 4.78 is 37.4. The summed E-state index contributed by atoms with van der Waals surface area (Å²) in [5.41, 5.74) is 0.458. The molecule has 0 radical (unpaired) electrons. The van der Waals surface area contributed by atoms with Crippen molar-refractivity contribution >= 4 is 21.7 Å². The Balaban J connectivity index is 1.90. The molecule has 2 aromatic carbocycles. The van der Waals surface area contributed by atoms with Crippen molar-refractivity contribution in [1.82, 2.24) is 4.31 Å². The van der Waals surface area contributed by atoms with E-state index in [9.17, 15) is 18.0 Å². The summed E-state index contributed by atoms with van der Waals surface area (Å²) >= 11 is 0. The van der Waals surface area contributed by atoms with Crippen molar-refractivity contribution in [3.8, 4) is 5.75 Å². The van der Waals surface area contributed by atoms with E-state index in [1.807, 2.05) is 0 Å². The Bertz CT molecular complexity index is 1030. The second-order valence-corrected chi connectivity index (χ2v) is 8.49. The molecule has 0 saturated heterocycles. The second kappa shape index (κ2) is 9.23. The molecule has 7 nitrogen and oxygen atoms in total. The van der Waals surface area contributed by atoms with Gasteiger partial charge in [0.1, 0.15) is 5.75 Å². The van der Waals surface area contributed by atoms with Gasteiger partial charge in [-0.05, 0) is 37.3 Å². The van der Waals surface area contributed by atoms with E-state index < -0.39 is 28.0 Å². The Hall–Kier alpha value is -2.97. The predicted octanol–water partition coefficient (Wildman–Crippen LogP) is 3.03. The predicted molar refractivity (Wildman–Crippen MR) is 110 cm³/mol. The van der Waals surface area contributed by atoms with E-state index in [-0.39, 0.29) is 17.1 Å². The summed E-state index contributed by atoms with van der Waals surface area (Å²) in [5.74, 6) is -1.40. The van der Waals surface area contributed by atoms with Crippen LogP contribution in [-0.2, 0) is 19.6 Å². The van der Waals surface area contributed by atoms with Crippen LogP contribution in [-0.4, -0.2) is 44.2 Å². The molecule has 0 aliphatic carbocycles. The van der Waals surface area contributed by atoms with Gasteiger partial charge in [0.25, 0.3) is 10.0 Å². The first-order valence-corrected chi connectivity index (χ1v) is 10.9. The molecule has 0 N–H and O–H groups in total. The number of carbonyl (C=O) groups excluding carboxylic acids is 2. The number of sulfonamides is 1. The minimum absolute atomic E-state index is 0.0516. The summed E-state index contributed by atoms with van der Waals surface area (Å²) in [6.07, 6.45) is 1.87. The van der Waals surface area contributed by atoms with E-state index in [1.165, 1.54) is 43.7 Å². The SMILES string of the molecule is CCO[C@H]1C=CN(S(=O)(=O)c2ccc(OC)cc2)C(=O)[C@H]1CC(=O)c1ccccc1. The molecule has 0 aromatic heterocycles. The number of hydrogen-bond donors (Lipinski definition) is 0. The molecule has 158 valence electrons. The number of methoxy groups -OCH3 is 1. The minimum atomic E-state index is -4.13. The fraction of sp³-hybridized carbons (Fsp3) is 0.273. The summed E-state index contributed by atoms with van der Waals surface area (Å²) in [4.78, 5) is 25.8. The zero-order valence-electron chi connectivity index (χ0n) is 16.7. The Morgan fingerprint density at radius 3 is 2.33 bits per heavy atom. The zero-order valence-corrected chi connectivity index (χ0v) is 17.5. The van der Waals surface area contributed by atoms with Gasteiger partial charge >= 0.3 is 0 Å². The topological polar surface area (TPSA) is 90.0 Å². The first-order chi connectivity index (χ1) is 14.4. The number of nitrogens with zero attached hydrogens (tertiary/aromatic N) is 1. The summed E-state index contributed by atoms with van der Waals surface area (Å²) in [6, 6.07) is 14.3. The zero-order chi connectivity index (χ0) is 21.7. The minimum Gasteiger partial charge on any atom is -0.497 e. The lowest BCUT2D eigenvalue weighted by molar-refractivity contribution is -0.134. The van der Waals surface area contributed by atoms with Gasteiger partial charge in [0.15, 0.2) is 5.78 Å². The third-order valence-corrected chi connectivity index (χ3v) is 6.51. The van der Waals surface area contributed by atoms with Gasteiger partial charge in [0.2, 0.25) is 5.91 Å². The van der Waals surface area contributed by atoms with Crippen LogP contribution in [0.3, 0.4) is 0 Å². The van der Waals surface area contributed by atoms with Gasteiger partial charge in [-0.3, -0.25) is 9.59 Å². The van der Waals surface area contributed by atoms with Gasteiger partial charge in [0, 0.05) is 24.8 Å². The van der Waals surface area contributed by atoms with Crippen LogP contribution in [0.2, 0.25) is 0 Å². The molecule has 30 heavy (non-hydrogen) atoms. The lowest BCUT2D eigenvalue weighted by atomic mass is 9.91. The van der Waals surface area contributed by atoms with E-state index in [4.69, 9.17) is 9.47 Å². The number of benzene rings is 2. The molecule has 1 amide bonds. The normalized spacial score (nSPS) is 19.0. The Kier molecular flexibility index (Phi) is 6.69. The van der Waals surface area contributed by atoms with E-state index in [2.05, 4.69) is 0 Å². The first kappa shape index (κ1) is 21.7. The molecule has 1 heterocycles. The lowest BCUT2D eigenvalue weighted by Gasteiger charge is -2.32. The number of hydrogen-bond acceptors (Lipinski definition) is 6. The second-order valence-electron chi connectivity index (χ2n) is 6.68. The van der Waals surface area contributed by atoms with Crippen LogP contribution < -0.4 is 4.74 Å². The molecular formula is C22H23NO6S. The fourth-order valence-electron chi connectivity index (χ4n) is 3.24. The molecule has 0 bridgehead atoms. The average molecular weight is 429 g/mol. The molecule has 1 aliphatic rings. The highest BCUT2D eigenvalue weighted by molar-refractivity contribution is 7.89. The monoisotopic (exact) mass is 429 g/mol. The molecule has 3 rings (SSSR count). The van der Waals surface area contributed by atoms with Crippen molar-refractivity contribution in [3.05, 3.63) is 72.4 Å². The van der Waals surface area contributed by atoms with Crippen molar-refractivity contribution in [2.45, 2.75) is 24.3 Å². The van der Waals surface area contributed by atoms with Crippen molar-refractivity contribution in [1.29, 1.82) is 0 Å². The van der Waals surface area contributed by atoms with Crippen molar-refractivity contribution in [2.24, 2.45) is 5.92 Å². The van der Waals surface area contributed by atoms with Crippen LogP contribution in [0.4, 0.5) is 0 Å². The molecule has 8 heteroatoms. The molecule has 2 atom stereocenters. The van der Waals surface area contributed by atoms with Gasteiger partial charge in [-0.1, -0.05) is 30.3 Å². The summed E-state index contributed by atoms with van der Waals surface area (Å²) in [7, 11) is -2.66. The van der Waals surface area contributed by atoms with E-state index in [1.54, 1.807) is 37.3 Å². The van der Waals surface area contributed by atoms with Crippen LogP contribution in [0.15, 0.2) is 71.8 Å². The van der Waals surface area contributed by atoms with E-state index in [0.717, 1.165) is 0 Å². The maximum Gasteiger partial charge on any atom is 0.270 e. The Labute approximate surface area is 176 Å². The van der Waals surface area contributed by atoms with Crippen LogP contribution in [0.25, 0.3) is 0 Å². The summed E-state index contributed by atoms with van der Waals surface area (Å²) in [5, 5.41) is 0. The van der Waals surface area contributed by atoms with Gasteiger partial charge in [-0.15, -0.1) is 0 Å². The molecule has 0 fully saturated rings. The largest absolute Gasteiger partial charge is 0.497 e. The molecule has 2 aromatic rings. The van der Waals surface area contributed by atoms with Gasteiger partial charge in [-0.2, -0.15) is 0 Å². The van der Waals surface area contributed by atoms with Crippen LogP contribution in [0.5, 0.6) is 5.75 Å². The number of carbonyl (C=O) groups is 2. The highest BCUT2D eigenvalue weighted by atomic mass is 32.2. The number of ether oxygens (including phenoxy) is 2. The summed E-state index contributed by atoms with van der Waals surface area (Å²) in [6.45, 7) is 2.10. The number of amides is 1. The van der Waals surface area contributed by atoms with Crippen LogP contribution in [0.1, 0.15) is 23.7 Å². The Morgan fingerprint density at radius 2 is 1.73 bits per heavy atom. The quantitative estimate of drug-likeness (QED) is 0.599. The molecule has 0 spiro atoms. The first-order valence-electron chi connectivity index (χ1n) is 9.49. The van der Waals surface area contributed by atoms with Crippen molar-refractivity contribution in [3.63, 3.8) is 0 Å². The van der Waals surface area contributed by atoms with Crippen molar-refractivity contribution < 1.29 is 27.5 Å². The Morgan fingerprint density at radius 1 is 1.07 bits per heavy atom. The van der Waals surface area contributed by atoms with Gasteiger partial charge < -0.3 is 9.47 Å². The van der Waals surface area contributed by atoms with Crippen molar-refractivity contribution in [2.75, 3.05) is 13.7 Å².